The number of carbonyl (C=O) groups excluding carboxylic acids is 2. The van der Waals surface area contributed by atoms with Gasteiger partial charge in [-0.2, -0.15) is 0 Å². The van der Waals surface area contributed by atoms with E-state index in [2.05, 4.69) is 20.6 Å². The van der Waals surface area contributed by atoms with Crippen molar-refractivity contribution in [1.29, 1.82) is 0 Å². The van der Waals surface area contributed by atoms with Crippen LogP contribution in [0.5, 0.6) is 5.75 Å². The van der Waals surface area contributed by atoms with Crippen molar-refractivity contribution in [3.8, 4) is 17.0 Å². The third-order valence-corrected chi connectivity index (χ3v) is 6.55. The number of carbonyl (C=O) groups is 2. The molecule has 11 nitrogen and oxygen atoms in total. The van der Waals surface area contributed by atoms with Crippen LogP contribution in [0, 0.1) is 10.1 Å². The second kappa shape index (κ2) is 11.1. The molecule has 11 heteroatoms. The highest BCUT2D eigenvalue weighted by atomic mass is 16.6. The fraction of sp³-hybridized carbons (Fsp3) is 0.138. The third-order valence-electron chi connectivity index (χ3n) is 6.55. The minimum atomic E-state index is -0.783. The predicted octanol–water partition coefficient (Wildman–Crippen LogP) is 4.99. The maximum absolute atomic E-state index is 13.3. The summed E-state index contributed by atoms with van der Waals surface area (Å²) in [4.78, 5) is 44.6. The summed E-state index contributed by atoms with van der Waals surface area (Å²) in [5.74, 6) is 0.390. The van der Waals surface area contributed by atoms with E-state index in [-0.39, 0.29) is 18.0 Å². The van der Waals surface area contributed by atoms with Gasteiger partial charge in [0.25, 0.3) is 11.6 Å². The van der Waals surface area contributed by atoms with E-state index in [0.29, 0.717) is 34.2 Å². The lowest BCUT2D eigenvalue weighted by Gasteiger charge is -2.19. The summed E-state index contributed by atoms with van der Waals surface area (Å²) >= 11 is 0. The Morgan fingerprint density at radius 3 is 2.48 bits per heavy atom. The fourth-order valence-electron chi connectivity index (χ4n) is 4.48. The minimum Gasteiger partial charge on any atom is -0.497 e. The predicted molar refractivity (Wildman–Crippen MR) is 150 cm³/mol. The monoisotopic (exact) mass is 538 g/mol. The van der Waals surface area contributed by atoms with Gasteiger partial charge in [-0.1, -0.05) is 18.2 Å². The number of amides is 2. The van der Waals surface area contributed by atoms with E-state index in [9.17, 15) is 19.7 Å². The standard InChI is InChI=1S/C29H26N6O5/c1-34-26(18-7-11-21(12-8-18)35(38)39)17-30-28(34)24(16-27(36)31-20-9-13-22(40-2)14-10-20)33-29(37)25-15-19-5-3-4-6-23(19)32-25/h3-15,17,24,32H,16H2,1-2H3,(H,31,36)(H,33,37)/t24-/m0/s1. The van der Waals surface area contributed by atoms with E-state index in [1.54, 1.807) is 67.4 Å². The summed E-state index contributed by atoms with van der Waals surface area (Å²) < 4.78 is 6.93. The van der Waals surface area contributed by atoms with Crippen LogP contribution in [0.2, 0.25) is 0 Å². The van der Waals surface area contributed by atoms with Gasteiger partial charge in [-0.15, -0.1) is 0 Å². The molecule has 0 spiro atoms. The molecule has 0 saturated heterocycles. The molecule has 1 atom stereocenters. The number of para-hydroxylation sites is 1. The van der Waals surface area contributed by atoms with Crippen molar-refractivity contribution in [2.75, 3.05) is 12.4 Å². The van der Waals surface area contributed by atoms with Crippen molar-refractivity contribution in [3.05, 3.63) is 107 Å². The first kappa shape index (κ1) is 26.2. The van der Waals surface area contributed by atoms with Crippen molar-refractivity contribution in [2.24, 2.45) is 7.05 Å². The molecule has 2 aromatic heterocycles. The van der Waals surface area contributed by atoms with Gasteiger partial charge in [0.2, 0.25) is 5.91 Å². The van der Waals surface area contributed by atoms with Gasteiger partial charge in [0, 0.05) is 41.3 Å². The zero-order chi connectivity index (χ0) is 28.2. The van der Waals surface area contributed by atoms with Crippen molar-refractivity contribution < 1.29 is 19.2 Å². The maximum atomic E-state index is 13.3. The molecule has 5 rings (SSSR count). The minimum absolute atomic E-state index is 0.0233. The number of anilines is 1. The van der Waals surface area contributed by atoms with Crippen LogP contribution in [0.15, 0.2) is 85.1 Å². The normalized spacial score (nSPS) is 11.7. The molecule has 202 valence electrons. The zero-order valence-corrected chi connectivity index (χ0v) is 21.8. The number of nitro benzene ring substituents is 1. The SMILES string of the molecule is COc1ccc(NC(=O)C[C@H](NC(=O)c2cc3ccccc3[nH]2)c2ncc(-c3ccc([N+](=O)[O-])cc3)n2C)cc1. The summed E-state index contributed by atoms with van der Waals surface area (Å²) in [5, 5.41) is 17.7. The molecule has 0 aliphatic rings. The number of hydrogen-bond acceptors (Lipinski definition) is 6. The number of nitro groups is 1. The molecule has 0 unspecified atom stereocenters. The second-order valence-electron chi connectivity index (χ2n) is 9.14. The highest BCUT2D eigenvalue weighted by Gasteiger charge is 2.25. The molecule has 0 saturated carbocycles. The quantitative estimate of drug-likeness (QED) is 0.178. The van der Waals surface area contributed by atoms with Crippen molar-refractivity contribution in [3.63, 3.8) is 0 Å². The van der Waals surface area contributed by atoms with Crippen molar-refractivity contribution in [1.82, 2.24) is 19.9 Å². The van der Waals surface area contributed by atoms with Crippen LogP contribution in [0.25, 0.3) is 22.2 Å². The first-order chi connectivity index (χ1) is 19.3. The van der Waals surface area contributed by atoms with E-state index >= 15 is 0 Å². The van der Waals surface area contributed by atoms with Gasteiger partial charge in [0.15, 0.2) is 0 Å². The Bertz CT molecular complexity index is 1660. The number of ether oxygens (including phenoxy) is 1. The van der Waals surface area contributed by atoms with Crippen molar-refractivity contribution in [2.45, 2.75) is 12.5 Å². The third kappa shape index (κ3) is 5.53. The molecule has 2 amide bonds. The van der Waals surface area contributed by atoms with Crippen LogP contribution in [-0.2, 0) is 11.8 Å². The van der Waals surface area contributed by atoms with Crippen LogP contribution in [0.1, 0.15) is 28.8 Å². The molecular weight excluding hydrogens is 512 g/mol. The van der Waals surface area contributed by atoms with Gasteiger partial charge in [0.05, 0.1) is 36.4 Å². The number of non-ortho nitro benzene ring substituents is 1. The number of aromatic amines is 1. The van der Waals surface area contributed by atoms with Gasteiger partial charge in [-0.05, 0) is 48.5 Å². The number of nitrogens with zero attached hydrogens (tertiary/aromatic N) is 3. The summed E-state index contributed by atoms with van der Waals surface area (Å²) in [6.45, 7) is 0. The Labute approximate surface area is 229 Å². The molecule has 3 aromatic carbocycles. The average molecular weight is 539 g/mol. The number of aromatic nitrogens is 3. The highest BCUT2D eigenvalue weighted by molar-refractivity contribution is 5.98. The Balaban J connectivity index is 1.42. The average Bonchev–Trinajstić information content (AvgIpc) is 3.57. The Hall–Kier alpha value is -5.45. The van der Waals surface area contributed by atoms with E-state index < -0.39 is 16.9 Å². The number of hydrogen-bond donors (Lipinski definition) is 3. The Kier molecular flexibility index (Phi) is 7.27. The molecule has 0 aliphatic carbocycles. The largest absolute Gasteiger partial charge is 0.497 e. The topological polar surface area (TPSA) is 144 Å². The molecule has 5 aromatic rings. The number of rotatable bonds is 9. The lowest BCUT2D eigenvalue weighted by atomic mass is 10.1. The van der Waals surface area contributed by atoms with Gasteiger partial charge in [-0.25, -0.2) is 4.98 Å². The van der Waals surface area contributed by atoms with Crippen LogP contribution in [0.4, 0.5) is 11.4 Å². The smallest absolute Gasteiger partial charge is 0.269 e. The second-order valence-corrected chi connectivity index (χ2v) is 9.14. The van der Waals surface area contributed by atoms with E-state index in [4.69, 9.17) is 4.74 Å². The van der Waals surface area contributed by atoms with Crippen molar-refractivity contribution >= 4 is 34.1 Å². The van der Waals surface area contributed by atoms with Gasteiger partial charge >= 0.3 is 0 Å². The highest BCUT2D eigenvalue weighted by Crippen LogP contribution is 2.27. The van der Waals surface area contributed by atoms with Gasteiger partial charge < -0.3 is 24.9 Å². The summed E-state index contributed by atoms with van der Waals surface area (Å²) in [6, 6.07) is 21.5. The summed E-state index contributed by atoms with van der Waals surface area (Å²) in [7, 11) is 3.33. The van der Waals surface area contributed by atoms with E-state index in [1.807, 2.05) is 24.3 Å². The number of H-pyrrole nitrogens is 1. The number of benzene rings is 3. The maximum Gasteiger partial charge on any atom is 0.269 e. The molecule has 0 fully saturated rings. The molecule has 2 heterocycles. The summed E-state index contributed by atoms with van der Waals surface area (Å²) in [5.41, 5.74) is 3.11. The van der Waals surface area contributed by atoms with Crippen LogP contribution >= 0.6 is 0 Å². The number of imidazole rings is 1. The van der Waals surface area contributed by atoms with E-state index in [1.165, 1.54) is 12.1 Å². The number of nitrogens with one attached hydrogen (secondary N) is 3. The number of methoxy groups -OCH3 is 1. The van der Waals surface area contributed by atoms with Crippen LogP contribution in [0.3, 0.4) is 0 Å². The lowest BCUT2D eigenvalue weighted by Crippen LogP contribution is -2.33. The van der Waals surface area contributed by atoms with Crippen LogP contribution in [-0.4, -0.2) is 38.4 Å². The summed E-state index contributed by atoms with van der Waals surface area (Å²) in [6.07, 6.45) is 1.52. The zero-order valence-electron chi connectivity index (χ0n) is 21.8. The fourth-order valence-corrected chi connectivity index (χ4v) is 4.48. The van der Waals surface area contributed by atoms with Gasteiger partial charge in [-0.3, -0.25) is 19.7 Å². The molecule has 40 heavy (non-hydrogen) atoms. The van der Waals surface area contributed by atoms with Gasteiger partial charge in [0.1, 0.15) is 17.3 Å². The lowest BCUT2D eigenvalue weighted by molar-refractivity contribution is -0.384. The van der Waals surface area contributed by atoms with E-state index in [0.717, 1.165) is 10.9 Å². The number of fused-ring (bicyclic) bond motifs is 1. The van der Waals surface area contributed by atoms with Crippen LogP contribution < -0.4 is 15.4 Å². The Morgan fingerprint density at radius 1 is 1.07 bits per heavy atom. The molecule has 0 bridgehead atoms. The molecule has 0 radical (unpaired) electrons. The first-order valence-corrected chi connectivity index (χ1v) is 12.4. The molecular formula is C29H26N6O5. The Morgan fingerprint density at radius 2 is 1.80 bits per heavy atom. The molecule has 3 N–H and O–H groups in total. The molecule has 0 aliphatic heterocycles. The first-order valence-electron chi connectivity index (χ1n) is 12.4.